The lowest BCUT2D eigenvalue weighted by molar-refractivity contribution is 0.0689. The number of benzene rings is 1. The molecular weight excluding hydrogens is 244 g/mol. The molecule has 1 aromatic carbocycles. The quantitative estimate of drug-likeness (QED) is 0.889. The molecule has 0 aliphatic carbocycles. The Morgan fingerprint density at radius 2 is 2.05 bits per heavy atom. The van der Waals surface area contributed by atoms with Gasteiger partial charge in [-0.05, 0) is 23.6 Å². The number of phenolic OH excluding ortho intramolecular Hbond substituents is 1. The minimum atomic E-state index is -1.08. The second-order valence-electron chi connectivity index (χ2n) is 4.74. The molecule has 100 valence electrons. The van der Waals surface area contributed by atoms with Crippen molar-refractivity contribution in [1.82, 2.24) is 9.78 Å². The van der Waals surface area contributed by atoms with E-state index in [4.69, 9.17) is 5.11 Å². The van der Waals surface area contributed by atoms with Crippen molar-refractivity contribution >= 4 is 5.97 Å². The summed E-state index contributed by atoms with van der Waals surface area (Å²) in [7, 11) is 1.66. The lowest BCUT2D eigenvalue weighted by Crippen LogP contribution is -1.99. The van der Waals surface area contributed by atoms with E-state index < -0.39 is 5.97 Å². The molecule has 0 radical (unpaired) electrons. The Bertz CT molecular complexity index is 630. The van der Waals surface area contributed by atoms with Gasteiger partial charge in [0.25, 0.3) is 0 Å². The molecule has 0 aliphatic heterocycles. The van der Waals surface area contributed by atoms with E-state index in [0.29, 0.717) is 11.3 Å². The van der Waals surface area contributed by atoms with Crippen molar-refractivity contribution in [1.29, 1.82) is 0 Å². The number of carboxylic acids is 1. The first-order valence-electron chi connectivity index (χ1n) is 6.01. The van der Waals surface area contributed by atoms with E-state index in [0.717, 1.165) is 5.56 Å². The highest BCUT2D eigenvalue weighted by molar-refractivity contribution is 5.87. The lowest BCUT2D eigenvalue weighted by Gasteiger charge is -2.12. The van der Waals surface area contributed by atoms with Crippen LogP contribution in [0.5, 0.6) is 5.75 Å². The molecule has 5 nitrogen and oxygen atoms in total. The molecule has 0 saturated carbocycles. The van der Waals surface area contributed by atoms with Crippen molar-refractivity contribution < 1.29 is 15.0 Å². The highest BCUT2D eigenvalue weighted by Crippen LogP contribution is 2.35. The molecule has 19 heavy (non-hydrogen) atoms. The molecule has 0 spiro atoms. The van der Waals surface area contributed by atoms with Crippen LogP contribution < -0.4 is 0 Å². The predicted octanol–water partition coefficient (Wildman–Crippen LogP) is 2.61. The summed E-state index contributed by atoms with van der Waals surface area (Å²) in [6.45, 7) is 3.98. The minimum absolute atomic E-state index is 0.0353. The number of aromatic carboxylic acids is 1. The van der Waals surface area contributed by atoms with Crippen LogP contribution in [0.25, 0.3) is 11.3 Å². The van der Waals surface area contributed by atoms with Gasteiger partial charge in [0, 0.05) is 12.6 Å². The smallest absolute Gasteiger partial charge is 0.356 e. The number of phenols is 1. The number of aromatic hydroxyl groups is 1. The number of aryl methyl sites for hydroxylation is 1. The van der Waals surface area contributed by atoms with Gasteiger partial charge >= 0.3 is 5.97 Å². The maximum Gasteiger partial charge on any atom is 0.356 e. The summed E-state index contributed by atoms with van der Waals surface area (Å²) in [4.78, 5) is 10.9. The summed E-state index contributed by atoms with van der Waals surface area (Å²) in [5, 5.41) is 23.1. The molecule has 1 aromatic heterocycles. The fourth-order valence-corrected chi connectivity index (χ4v) is 2.06. The summed E-state index contributed by atoms with van der Waals surface area (Å²) in [5.41, 5.74) is 1.97. The Kier molecular flexibility index (Phi) is 3.29. The van der Waals surface area contributed by atoms with Crippen LogP contribution in [0.4, 0.5) is 0 Å². The van der Waals surface area contributed by atoms with Crippen LogP contribution in [0, 0.1) is 0 Å². The summed E-state index contributed by atoms with van der Waals surface area (Å²) >= 11 is 0. The van der Waals surface area contributed by atoms with E-state index in [-0.39, 0.29) is 17.4 Å². The highest BCUT2D eigenvalue weighted by atomic mass is 16.4. The molecule has 5 heteroatoms. The van der Waals surface area contributed by atoms with Crippen molar-refractivity contribution in [2.24, 2.45) is 7.05 Å². The molecular formula is C14H16N2O3. The molecule has 2 aromatic rings. The largest absolute Gasteiger partial charge is 0.507 e. The van der Waals surface area contributed by atoms with Gasteiger partial charge in [-0.25, -0.2) is 4.79 Å². The van der Waals surface area contributed by atoms with Crippen LogP contribution in [0.1, 0.15) is 35.8 Å². The van der Waals surface area contributed by atoms with Crippen molar-refractivity contribution in [3.8, 4) is 17.0 Å². The summed E-state index contributed by atoms with van der Waals surface area (Å²) in [5.74, 6) is -0.717. The second-order valence-corrected chi connectivity index (χ2v) is 4.74. The molecule has 0 aliphatic rings. The number of para-hydroxylation sites is 1. The third-order valence-electron chi connectivity index (χ3n) is 3.06. The van der Waals surface area contributed by atoms with Crippen LogP contribution in [-0.2, 0) is 7.05 Å². The first-order chi connectivity index (χ1) is 8.91. The zero-order valence-corrected chi connectivity index (χ0v) is 11.1. The first kappa shape index (κ1) is 13.1. The SMILES string of the molecule is CC(C)c1cccc(-c2cc(C(=O)O)nn2C)c1O. The van der Waals surface area contributed by atoms with Gasteiger partial charge in [0.05, 0.1) is 5.69 Å². The van der Waals surface area contributed by atoms with Crippen molar-refractivity contribution in [2.45, 2.75) is 19.8 Å². The van der Waals surface area contributed by atoms with Crippen molar-refractivity contribution in [2.75, 3.05) is 0 Å². The average Bonchev–Trinajstić information content (AvgIpc) is 2.71. The molecule has 2 rings (SSSR count). The number of hydrogen-bond acceptors (Lipinski definition) is 3. The van der Waals surface area contributed by atoms with Crippen molar-refractivity contribution in [3.05, 3.63) is 35.5 Å². The van der Waals surface area contributed by atoms with E-state index in [1.54, 1.807) is 13.1 Å². The Labute approximate surface area is 111 Å². The molecule has 0 bridgehead atoms. The summed E-state index contributed by atoms with van der Waals surface area (Å²) < 4.78 is 1.46. The van der Waals surface area contributed by atoms with Gasteiger partial charge in [0.15, 0.2) is 5.69 Å². The molecule has 0 atom stereocenters. The monoisotopic (exact) mass is 260 g/mol. The first-order valence-corrected chi connectivity index (χ1v) is 6.01. The average molecular weight is 260 g/mol. The van der Waals surface area contributed by atoms with Crippen LogP contribution in [0.2, 0.25) is 0 Å². The van der Waals surface area contributed by atoms with Crippen LogP contribution in [-0.4, -0.2) is 26.0 Å². The number of carboxylic acid groups (broad SMARTS) is 1. The van der Waals surface area contributed by atoms with E-state index in [1.807, 2.05) is 26.0 Å². The molecule has 0 unspecified atom stereocenters. The van der Waals surface area contributed by atoms with E-state index in [2.05, 4.69) is 5.10 Å². The number of hydrogen-bond donors (Lipinski definition) is 2. The van der Waals surface area contributed by atoms with Crippen molar-refractivity contribution in [3.63, 3.8) is 0 Å². The number of rotatable bonds is 3. The van der Waals surface area contributed by atoms with Gasteiger partial charge < -0.3 is 10.2 Å². The minimum Gasteiger partial charge on any atom is -0.507 e. The molecule has 0 fully saturated rings. The number of carbonyl (C=O) groups is 1. The normalized spacial score (nSPS) is 10.9. The van der Waals surface area contributed by atoms with E-state index >= 15 is 0 Å². The molecule has 0 amide bonds. The third kappa shape index (κ3) is 2.31. The van der Waals surface area contributed by atoms with E-state index in [9.17, 15) is 9.90 Å². The topological polar surface area (TPSA) is 75.3 Å². The van der Waals surface area contributed by atoms with Crippen LogP contribution in [0.3, 0.4) is 0 Å². The third-order valence-corrected chi connectivity index (χ3v) is 3.06. The fraction of sp³-hybridized carbons (Fsp3) is 0.286. The van der Waals surface area contributed by atoms with Crippen LogP contribution >= 0.6 is 0 Å². The maximum absolute atomic E-state index is 10.9. The van der Waals surface area contributed by atoms with Gasteiger partial charge in [0.2, 0.25) is 0 Å². The summed E-state index contributed by atoms with van der Waals surface area (Å²) in [6, 6.07) is 6.92. The highest BCUT2D eigenvalue weighted by Gasteiger charge is 2.17. The number of aromatic nitrogens is 2. The second kappa shape index (κ2) is 4.76. The standard InChI is InChI=1S/C14H16N2O3/c1-8(2)9-5-4-6-10(13(9)17)12-7-11(14(18)19)15-16(12)3/h4-8,17H,1-3H3,(H,18,19). The number of nitrogens with zero attached hydrogens (tertiary/aromatic N) is 2. The molecule has 0 saturated heterocycles. The van der Waals surface area contributed by atoms with Gasteiger partial charge in [-0.3, -0.25) is 4.68 Å². The lowest BCUT2D eigenvalue weighted by atomic mass is 9.98. The van der Waals surface area contributed by atoms with Crippen LogP contribution in [0.15, 0.2) is 24.3 Å². The van der Waals surface area contributed by atoms with Gasteiger partial charge in [-0.15, -0.1) is 0 Å². The van der Waals surface area contributed by atoms with Gasteiger partial charge in [0.1, 0.15) is 5.75 Å². The van der Waals surface area contributed by atoms with Gasteiger partial charge in [-0.1, -0.05) is 26.0 Å². The zero-order chi connectivity index (χ0) is 14.2. The summed E-state index contributed by atoms with van der Waals surface area (Å²) in [6.07, 6.45) is 0. The molecule has 1 heterocycles. The zero-order valence-electron chi connectivity index (χ0n) is 11.1. The Balaban J connectivity index is 2.59. The molecule has 2 N–H and O–H groups in total. The predicted molar refractivity (Wildman–Crippen MR) is 71.4 cm³/mol. The van der Waals surface area contributed by atoms with Gasteiger partial charge in [-0.2, -0.15) is 5.10 Å². The fourth-order valence-electron chi connectivity index (χ4n) is 2.06. The Morgan fingerprint density at radius 3 is 2.58 bits per heavy atom. The Morgan fingerprint density at radius 1 is 1.37 bits per heavy atom. The maximum atomic E-state index is 10.9. The van der Waals surface area contributed by atoms with E-state index in [1.165, 1.54) is 10.7 Å². The Hall–Kier alpha value is -2.30.